The van der Waals surface area contributed by atoms with Crippen molar-refractivity contribution in [3.8, 4) is 0 Å². The van der Waals surface area contributed by atoms with E-state index in [4.69, 9.17) is 0 Å². The van der Waals surface area contributed by atoms with Crippen LogP contribution in [0.4, 0.5) is 11.4 Å². The summed E-state index contributed by atoms with van der Waals surface area (Å²) < 4.78 is 0.0923. The Morgan fingerprint density at radius 1 is 1.50 bits per heavy atom. The van der Waals surface area contributed by atoms with Crippen LogP contribution in [0.2, 0.25) is 0 Å². The Labute approximate surface area is 123 Å². The number of aliphatic hydroxyl groups excluding tert-OH is 1. The Kier molecular flexibility index (Phi) is 4.25. The molecule has 0 spiro atoms. The molecule has 2 rings (SSSR count). The number of hydrogen-bond acceptors (Lipinski definition) is 5. The van der Waals surface area contributed by atoms with Gasteiger partial charge in [-0.05, 0) is 32.4 Å². The maximum absolute atomic E-state index is 11.3. The minimum Gasteiger partial charge on any atom is -0.389 e. The Morgan fingerprint density at radius 2 is 2.20 bits per heavy atom. The number of nitrogens with zero attached hydrogens (tertiary/aromatic N) is 2. The van der Waals surface area contributed by atoms with E-state index in [0.717, 1.165) is 18.8 Å². The van der Waals surface area contributed by atoms with Gasteiger partial charge in [0.1, 0.15) is 5.69 Å². The van der Waals surface area contributed by atoms with Crippen molar-refractivity contribution in [2.75, 3.05) is 23.7 Å². The second-order valence-electron chi connectivity index (χ2n) is 5.71. The van der Waals surface area contributed by atoms with Crippen LogP contribution >= 0.6 is 11.8 Å². The lowest BCUT2D eigenvalue weighted by molar-refractivity contribution is -0.384. The van der Waals surface area contributed by atoms with Gasteiger partial charge in [-0.1, -0.05) is 6.07 Å². The van der Waals surface area contributed by atoms with Crippen molar-refractivity contribution in [3.05, 3.63) is 33.9 Å². The first-order valence-corrected chi connectivity index (χ1v) is 7.64. The molecule has 0 aliphatic carbocycles. The van der Waals surface area contributed by atoms with E-state index < -0.39 is 6.10 Å². The molecule has 1 fully saturated rings. The lowest BCUT2D eigenvalue weighted by Gasteiger charge is -2.38. The third-order valence-electron chi connectivity index (χ3n) is 3.44. The Hall–Kier alpha value is -1.27. The van der Waals surface area contributed by atoms with Crippen molar-refractivity contribution < 1.29 is 10.0 Å². The minimum absolute atomic E-state index is 0.0751. The largest absolute Gasteiger partial charge is 0.389 e. The van der Waals surface area contributed by atoms with Gasteiger partial charge in [0.2, 0.25) is 0 Å². The molecule has 0 radical (unpaired) electrons. The molecule has 6 heteroatoms. The number of thioether (sulfide) groups is 1. The van der Waals surface area contributed by atoms with E-state index in [1.165, 1.54) is 6.07 Å². The van der Waals surface area contributed by atoms with E-state index in [9.17, 15) is 15.2 Å². The molecule has 0 aromatic heterocycles. The van der Waals surface area contributed by atoms with Crippen LogP contribution in [0, 0.1) is 10.1 Å². The number of hydrogen-bond donors (Lipinski definition) is 1. The van der Waals surface area contributed by atoms with E-state index in [-0.39, 0.29) is 15.4 Å². The smallest absolute Gasteiger partial charge is 0.292 e. The molecule has 0 bridgehead atoms. The average molecular weight is 296 g/mol. The van der Waals surface area contributed by atoms with Gasteiger partial charge in [0.15, 0.2) is 0 Å². The van der Waals surface area contributed by atoms with Crippen LogP contribution in [-0.4, -0.2) is 33.6 Å². The van der Waals surface area contributed by atoms with Gasteiger partial charge in [-0.3, -0.25) is 10.1 Å². The summed E-state index contributed by atoms with van der Waals surface area (Å²) in [6, 6.07) is 5.00. The number of nitro groups is 1. The van der Waals surface area contributed by atoms with Gasteiger partial charge in [0.25, 0.3) is 5.69 Å². The first-order chi connectivity index (χ1) is 9.30. The highest BCUT2D eigenvalue weighted by atomic mass is 32.2. The standard InChI is InChI=1S/C14H20N2O3S/c1-10(17)11-4-5-12(13(8-11)16(18)19)15-6-7-20-14(2,3)9-15/h4-5,8,10,17H,6-7,9H2,1-3H3. The number of anilines is 1. The molecule has 110 valence electrons. The topological polar surface area (TPSA) is 66.6 Å². The zero-order chi connectivity index (χ0) is 14.9. The van der Waals surface area contributed by atoms with Crippen LogP contribution in [0.25, 0.3) is 0 Å². The summed E-state index contributed by atoms with van der Waals surface area (Å²) in [7, 11) is 0. The van der Waals surface area contributed by atoms with Gasteiger partial charge in [-0.25, -0.2) is 0 Å². The number of aliphatic hydroxyl groups is 1. The maximum Gasteiger partial charge on any atom is 0.292 e. The number of rotatable bonds is 3. The van der Waals surface area contributed by atoms with E-state index in [1.807, 2.05) is 11.8 Å². The maximum atomic E-state index is 11.3. The summed E-state index contributed by atoms with van der Waals surface area (Å²) in [5.74, 6) is 0.961. The Morgan fingerprint density at radius 3 is 2.75 bits per heavy atom. The summed E-state index contributed by atoms with van der Waals surface area (Å²) in [5.41, 5.74) is 1.30. The van der Waals surface area contributed by atoms with Gasteiger partial charge in [0, 0.05) is 29.7 Å². The monoisotopic (exact) mass is 296 g/mol. The second-order valence-corrected chi connectivity index (χ2v) is 7.51. The molecule has 0 amide bonds. The molecule has 1 saturated heterocycles. The Balaban J connectivity index is 2.38. The first-order valence-electron chi connectivity index (χ1n) is 6.65. The van der Waals surface area contributed by atoms with E-state index in [2.05, 4.69) is 18.7 Å². The molecule has 1 aromatic rings. The summed E-state index contributed by atoms with van der Waals surface area (Å²) in [5, 5.41) is 20.9. The molecule has 1 aromatic carbocycles. The molecule has 1 N–H and O–H groups in total. The normalized spacial score (nSPS) is 19.7. The molecule has 0 saturated carbocycles. The molecule has 1 aliphatic heterocycles. The fourth-order valence-corrected chi connectivity index (χ4v) is 3.55. The lowest BCUT2D eigenvalue weighted by Crippen LogP contribution is -2.43. The fraction of sp³-hybridized carbons (Fsp3) is 0.571. The third kappa shape index (κ3) is 3.24. The van der Waals surface area contributed by atoms with E-state index >= 15 is 0 Å². The van der Waals surface area contributed by atoms with Crippen molar-refractivity contribution in [2.24, 2.45) is 0 Å². The van der Waals surface area contributed by atoms with E-state index in [1.54, 1.807) is 19.1 Å². The number of nitro benzene ring substituents is 1. The van der Waals surface area contributed by atoms with Crippen LogP contribution in [0.5, 0.6) is 0 Å². The van der Waals surface area contributed by atoms with Crippen molar-refractivity contribution >= 4 is 23.1 Å². The second kappa shape index (κ2) is 5.61. The zero-order valence-electron chi connectivity index (χ0n) is 12.0. The van der Waals surface area contributed by atoms with Gasteiger partial charge in [-0.2, -0.15) is 11.8 Å². The molecular weight excluding hydrogens is 276 g/mol. The van der Waals surface area contributed by atoms with Crippen LogP contribution in [0.3, 0.4) is 0 Å². The molecule has 1 heterocycles. The van der Waals surface area contributed by atoms with Crippen LogP contribution in [0.15, 0.2) is 18.2 Å². The number of benzene rings is 1. The predicted molar refractivity (Wildman–Crippen MR) is 82.5 cm³/mol. The average Bonchev–Trinajstić information content (AvgIpc) is 2.36. The van der Waals surface area contributed by atoms with E-state index in [0.29, 0.717) is 11.3 Å². The molecule has 5 nitrogen and oxygen atoms in total. The summed E-state index contributed by atoms with van der Waals surface area (Å²) in [4.78, 5) is 13.0. The molecular formula is C14H20N2O3S. The molecule has 20 heavy (non-hydrogen) atoms. The third-order valence-corrected chi connectivity index (χ3v) is 4.74. The summed E-state index contributed by atoms with van der Waals surface area (Å²) >= 11 is 1.89. The molecule has 1 aliphatic rings. The SMILES string of the molecule is CC(O)c1ccc(N2CCSC(C)(C)C2)c([N+](=O)[O-])c1. The minimum atomic E-state index is -0.698. The summed E-state index contributed by atoms with van der Waals surface area (Å²) in [6.07, 6.45) is -0.698. The fourth-order valence-electron chi connectivity index (χ4n) is 2.44. The van der Waals surface area contributed by atoms with Crippen LogP contribution in [0.1, 0.15) is 32.4 Å². The van der Waals surface area contributed by atoms with Crippen molar-refractivity contribution in [1.29, 1.82) is 0 Å². The zero-order valence-corrected chi connectivity index (χ0v) is 12.8. The first kappa shape index (κ1) is 15.1. The van der Waals surface area contributed by atoms with Gasteiger partial charge in [-0.15, -0.1) is 0 Å². The summed E-state index contributed by atoms with van der Waals surface area (Å²) in [6.45, 7) is 7.51. The lowest BCUT2D eigenvalue weighted by atomic mass is 10.1. The van der Waals surface area contributed by atoms with Crippen molar-refractivity contribution in [2.45, 2.75) is 31.6 Å². The molecule has 1 atom stereocenters. The van der Waals surface area contributed by atoms with Gasteiger partial charge < -0.3 is 10.0 Å². The van der Waals surface area contributed by atoms with Crippen LogP contribution < -0.4 is 4.90 Å². The highest BCUT2D eigenvalue weighted by molar-refractivity contribution is 8.00. The van der Waals surface area contributed by atoms with Crippen LogP contribution in [-0.2, 0) is 0 Å². The quantitative estimate of drug-likeness (QED) is 0.686. The highest BCUT2D eigenvalue weighted by Gasteiger charge is 2.30. The van der Waals surface area contributed by atoms with Gasteiger partial charge in [0.05, 0.1) is 11.0 Å². The van der Waals surface area contributed by atoms with Crippen molar-refractivity contribution in [1.82, 2.24) is 0 Å². The predicted octanol–water partition coefficient (Wildman–Crippen LogP) is 2.98. The Bertz CT molecular complexity index is 517. The molecule has 1 unspecified atom stereocenters. The van der Waals surface area contributed by atoms with Gasteiger partial charge >= 0.3 is 0 Å². The van der Waals surface area contributed by atoms with Crippen molar-refractivity contribution in [3.63, 3.8) is 0 Å². The highest BCUT2D eigenvalue weighted by Crippen LogP contribution is 2.37.